The van der Waals surface area contributed by atoms with Crippen LogP contribution in [0.2, 0.25) is 0 Å². The summed E-state index contributed by atoms with van der Waals surface area (Å²) in [4.78, 5) is 15.3. The number of carbonyl (C=O) groups excluding carboxylic acids is 1. The molecule has 4 rings (SSSR count). The van der Waals surface area contributed by atoms with Crippen LogP contribution in [-0.4, -0.2) is 69.4 Å². The number of benzene rings is 1. The molecule has 184 valence electrons. The molecule has 0 spiro atoms. The van der Waals surface area contributed by atoms with Gasteiger partial charge in [-0.25, -0.2) is 8.42 Å². The number of sulfonamides is 1. The van der Waals surface area contributed by atoms with Crippen LogP contribution in [0.15, 0.2) is 17.0 Å². The molecule has 0 aromatic heterocycles. The summed E-state index contributed by atoms with van der Waals surface area (Å²) in [5.74, 6) is 0.931. The number of nitrogens with zero attached hydrogens (tertiary/aromatic N) is 2. The Morgan fingerprint density at radius 2 is 1.64 bits per heavy atom. The summed E-state index contributed by atoms with van der Waals surface area (Å²) in [7, 11) is -1.94. The maximum absolute atomic E-state index is 13.9. The predicted octanol–water partition coefficient (Wildman–Crippen LogP) is 3.11. The molecule has 2 fully saturated rings. The van der Waals surface area contributed by atoms with Crippen LogP contribution in [0.25, 0.3) is 0 Å². The van der Waals surface area contributed by atoms with E-state index >= 15 is 0 Å². The number of piperidine rings is 1. The molecule has 1 unspecified atom stereocenters. The fourth-order valence-corrected chi connectivity index (χ4v) is 7.48. The first-order valence-electron chi connectivity index (χ1n) is 12.7. The van der Waals surface area contributed by atoms with Gasteiger partial charge >= 0.3 is 0 Å². The second-order valence-electron chi connectivity index (χ2n) is 9.63. The molecular formula is C25H39N3O4S. The van der Waals surface area contributed by atoms with Gasteiger partial charge in [-0.2, -0.15) is 4.31 Å². The summed E-state index contributed by atoms with van der Waals surface area (Å²) in [5.41, 5.74) is 2.02. The van der Waals surface area contributed by atoms with Crippen molar-refractivity contribution in [3.8, 4) is 5.75 Å². The first kappa shape index (κ1) is 24.5. The average molecular weight is 478 g/mol. The van der Waals surface area contributed by atoms with E-state index in [9.17, 15) is 13.2 Å². The van der Waals surface area contributed by atoms with Crippen molar-refractivity contribution in [2.45, 2.75) is 81.6 Å². The van der Waals surface area contributed by atoms with Gasteiger partial charge in [0.05, 0.1) is 12.0 Å². The van der Waals surface area contributed by atoms with Gasteiger partial charge in [-0.1, -0.05) is 6.42 Å². The van der Waals surface area contributed by atoms with Crippen molar-refractivity contribution in [3.05, 3.63) is 23.3 Å². The molecule has 0 saturated carbocycles. The molecule has 1 N–H and O–H groups in total. The molecule has 1 aliphatic carbocycles. The molecule has 33 heavy (non-hydrogen) atoms. The Labute approximate surface area is 198 Å². The van der Waals surface area contributed by atoms with E-state index in [2.05, 4.69) is 10.2 Å². The topological polar surface area (TPSA) is 79.0 Å². The number of hydrogen-bond acceptors (Lipinski definition) is 5. The van der Waals surface area contributed by atoms with Crippen LogP contribution in [-0.2, 0) is 27.7 Å². The van der Waals surface area contributed by atoms with E-state index in [0.717, 1.165) is 94.2 Å². The Balaban J connectivity index is 1.56. The highest BCUT2D eigenvalue weighted by molar-refractivity contribution is 7.89. The molecule has 2 saturated heterocycles. The zero-order valence-electron chi connectivity index (χ0n) is 20.0. The molecule has 3 aliphatic rings. The highest BCUT2D eigenvalue weighted by Gasteiger charge is 2.31. The van der Waals surface area contributed by atoms with Crippen molar-refractivity contribution in [2.75, 3.05) is 39.8 Å². The number of carbonyl (C=O) groups is 1. The highest BCUT2D eigenvalue weighted by Crippen LogP contribution is 2.35. The largest absolute Gasteiger partial charge is 0.496 e. The minimum atomic E-state index is -3.59. The fraction of sp³-hybridized carbons (Fsp3) is 0.720. The van der Waals surface area contributed by atoms with E-state index in [0.29, 0.717) is 31.0 Å². The number of methoxy groups -OCH3 is 1. The van der Waals surface area contributed by atoms with Gasteiger partial charge < -0.3 is 10.1 Å². The Bertz CT molecular complexity index is 934. The lowest BCUT2D eigenvalue weighted by molar-refractivity contribution is -0.122. The van der Waals surface area contributed by atoms with E-state index in [1.54, 1.807) is 17.5 Å². The molecule has 1 aromatic rings. The van der Waals surface area contributed by atoms with Crippen molar-refractivity contribution in [1.29, 1.82) is 0 Å². The molecule has 1 atom stereocenters. The number of nitrogens with one attached hydrogen (secondary N) is 1. The van der Waals surface area contributed by atoms with Crippen LogP contribution in [0.3, 0.4) is 0 Å². The normalized spacial score (nSPS) is 24.4. The third-order valence-electron chi connectivity index (χ3n) is 7.47. The second-order valence-corrected chi connectivity index (χ2v) is 11.5. The van der Waals surface area contributed by atoms with E-state index < -0.39 is 10.0 Å². The Kier molecular flexibility index (Phi) is 8.30. The molecule has 1 amide bonds. The zero-order chi connectivity index (χ0) is 23.3. The number of fused-ring (bicyclic) bond motifs is 2. The summed E-state index contributed by atoms with van der Waals surface area (Å²) < 4.78 is 35.0. The number of ether oxygens (including phenoxy) is 1. The van der Waals surface area contributed by atoms with E-state index in [1.165, 1.54) is 0 Å². The van der Waals surface area contributed by atoms with Crippen LogP contribution in [0.4, 0.5) is 0 Å². The van der Waals surface area contributed by atoms with Gasteiger partial charge in [0.2, 0.25) is 15.9 Å². The van der Waals surface area contributed by atoms with Crippen LogP contribution < -0.4 is 10.1 Å². The van der Waals surface area contributed by atoms with Crippen molar-refractivity contribution in [3.63, 3.8) is 0 Å². The predicted molar refractivity (Wildman–Crippen MR) is 129 cm³/mol. The average Bonchev–Trinajstić information content (AvgIpc) is 2.84. The smallest absolute Gasteiger partial charge is 0.243 e. The molecular weight excluding hydrogens is 438 g/mol. The first-order chi connectivity index (χ1) is 16.0. The monoisotopic (exact) mass is 477 g/mol. The second kappa shape index (κ2) is 11.2. The Morgan fingerprint density at radius 3 is 2.45 bits per heavy atom. The quantitative estimate of drug-likeness (QED) is 0.724. The first-order valence-corrected chi connectivity index (χ1v) is 14.1. The van der Waals surface area contributed by atoms with Crippen LogP contribution >= 0.6 is 0 Å². The standard InChI is InChI=1S/C25H39N3O4S/c1-32-23-12-13-24(22-11-3-2-10-21(22)23)33(30,31)28-17-7-5-14-26-25(29)19-20-9-4-6-15-27(20)16-8-18-28/h12-13,20H,2-11,14-19H2,1H3,(H,26,29). The van der Waals surface area contributed by atoms with Gasteiger partial charge in [-0.15, -0.1) is 0 Å². The van der Waals surface area contributed by atoms with Crippen LogP contribution in [0, 0.1) is 0 Å². The van der Waals surface area contributed by atoms with E-state index in [4.69, 9.17) is 4.74 Å². The van der Waals surface area contributed by atoms with Crippen LogP contribution in [0.1, 0.15) is 68.9 Å². The van der Waals surface area contributed by atoms with Gasteiger partial charge in [0.1, 0.15) is 5.75 Å². The molecule has 2 heterocycles. The number of hydrogen-bond donors (Lipinski definition) is 1. The molecule has 2 aliphatic heterocycles. The third-order valence-corrected chi connectivity index (χ3v) is 9.45. The van der Waals surface area contributed by atoms with Gasteiger partial charge in [0, 0.05) is 32.1 Å². The summed E-state index contributed by atoms with van der Waals surface area (Å²) in [6.07, 6.45) is 9.98. The molecule has 0 bridgehead atoms. The lowest BCUT2D eigenvalue weighted by atomic mass is 9.91. The zero-order valence-corrected chi connectivity index (χ0v) is 20.8. The van der Waals surface area contributed by atoms with E-state index in [1.807, 2.05) is 6.07 Å². The van der Waals surface area contributed by atoms with Crippen molar-refractivity contribution < 1.29 is 17.9 Å². The summed E-state index contributed by atoms with van der Waals surface area (Å²) in [5, 5.41) is 3.05. The van der Waals surface area contributed by atoms with Crippen molar-refractivity contribution in [2.24, 2.45) is 0 Å². The summed E-state index contributed by atoms with van der Waals surface area (Å²) >= 11 is 0. The molecule has 7 nitrogen and oxygen atoms in total. The maximum Gasteiger partial charge on any atom is 0.243 e. The van der Waals surface area contributed by atoms with Crippen molar-refractivity contribution >= 4 is 15.9 Å². The van der Waals surface area contributed by atoms with Crippen molar-refractivity contribution in [1.82, 2.24) is 14.5 Å². The Hall–Kier alpha value is -1.64. The highest BCUT2D eigenvalue weighted by atomic mass is 32.2. The number of amides is 1. The SMILES string of the molecule is COc1ccc(S(=O)(=O)N2CCCCNC(=O)CC3CCCCN3CCC2)c2c1CCCC2. The lowest BCUT2D eigenvalue weighted by Gasteiger charge is -2.35. The van der Waals surface area contributed by atoms with Gasteiger partial charge in [0.25, 0.3) is 0 Å². The lowest BCUT2D eigenvalue weighted by Crippen LogP contribution is -2.44. The third kappa shape index (κ3) is 5.72. The molecule has 0 radical (unpaired) electrons. The molecule has 1 aromatic carbocycles. The minimum Gasteiger partial charge on any atom is -0.496 e. The van der Waals surface area contributed by atoms with E-state index in [-0.39, 0.29) is 11.9 Å². The van der Waals surface area contributed by atoms with Gasteiger partial charge in [-0.3, -0.25) is 9.69 Å². The summed E-state index contributed by atoms with van der Waals surface area (Å²) in [6.45, 7) is 3.45. The van der Waals surface area contributed by atoms with Crippen LogP contribution in [0.5, 0.6) is 5.75 Å². The summed E-state index contributed by atoms with van der Waals surface area (Å²) in [6, 6.07) is 3.85. The van der Waals surface area contributed by atoms with Gasteiger partial charge in [0.15, 0.2) is 0 Å². The Morgan fingerprint density at radius 1 is 0.909 bits per heavy atom. The minimum absolute atomic E-state index is 0.125. The fourth-order valence-electron chi connectivity index (χ4n) is 5.69. The molecule has 8 heteroatoms. The van der Waals surface area contributed by atoms with Gasteiger partial charge in [-0.05, 0) is 94.1 Å². The number of rotatable bonds is 3. The maximum atomic E-state index is 13.9.